The summed E-state index contributed by atoms with van der Waals surface area (Å²) in [6.07, 6.45) is 0. The van der Waals surface area contributed by atoms with Crippen LogP contribution < -0.4 is 0 Å². The van der Waals surface area contributed by atoms with Gasteiger partial charge in [0, 0.05) is 0 Å². The fraction of sp³-hybridized carbons (Fsp3) is 0.500. The SMILES string of the molecule is COC(=O)[C@H](C)[C@](C)(O)c1ccsc1. The normalized spacial score (nSPS) is 17.1. The molecule has 0 radical (unpaired) electrons. The molecule has 0 saturated heterocycles. The molecule has 1 aromatic heterocycles. The summed E-state index contributed by atoms with van der Waals surface area (Å²) in [5.74, 6) is -0.969. The van der Waals surface area contributed by atoms with E-state index in [2.05, 4.69) is 4.74 Å². The van der Waals surface area contributed by atoms with Gasteiger partial charge in [-0.25, -0.2) is 0 Å². The number of rotatable bonds is 3. The Bertz CT molecular complexity index is 303. The maximum absolute atomic E-state index is 11.3. The van der Waals surface area contributed by atoms with Gasteiger partial charge in [0.15, 0.2) is 0 Å². The van der Waals surface area contributed by atoms with Gasteiger partial charge in [-0.15, -0.1) is 0 Å². The number of hydrogen-bond donors (Lipinski definition) is 1. The van der Waals surface area contributed by atoms with E-state index < -0.39 is 17.5 Å². The second kappa shape index (κ2) is 4.11. The fourth-order valence-corrected chi connectivity index (χ4v) is 1.98. The summed E-state index contributed by atoms with van der Waals surface area (Å²) >= 11 is 1.49. The van der Waals surface area contributed by atoms with Crippen molar-refractivity contribution >= 4 is 17.3 Å². The van der Waals surface area contributed by atoms with Gasteiger partial charge >= 0.3 is 5.97 Å². The molecule has 1 N–H and O–H groups in total. The molecule has 4 heteroatoms. The molecule has 0 aliphatic heterocycles. The van der Waals surface area contributed by atoms with Crippen LogP contribution in [0.15, 0.2) is 16.8 Å². The monoisotopic (exact) mass is 214 g/mol. The number of hydrogen-bond acceptors (Lipinski definition) is 4. The molecule has 0 aromatic carbocycles. The van der Waals surface area contributed by atoms with Crippen molar-refractivity contribution in [2.24, 2.45) is 5.92 Å². The van der Waals surface area contributed by atoms with E-state index in [0.29, 0.717) is 0 Å². The Labute approximate surface area is 87.3 Å². The molecule has 0 aliphatic carbocycles. The maximum Gasteiger partial charge on any atom is 0.311 e. The maximum atomic E-state index is 11.3. The highest BCUT2D eigenvalue weighted by molar-refractivity contribution is 7.08. The topological polar surface area (TPSA) is 46.5 Å². The summed E-state index contributed by atoms with van der Waals surface area (Å²) in [4.78, 5) is 11.3. The molecule has 3 nitrogen and oxygen atoms in total. The Balaban J connectivity index is 2.90. The zero-order chi connectivity index (χ0) is 10.8. The van der Waals surface area contributed by atoms with E-state index in [9.17, 15) is 9.90 Å². The Morgan fingerprint density at radius 2 is 2.36 bits per heavy atom. The first-order valence-electron chi connectivity index (χ1n) is 4.33. The number of esters is 1. The first-order chi connectivity index (χ1) is 6.50. The van der Waals surface area contributed by atoms with Crippen LogP contribution in [0.5, 0.6) is 0 Å². The van der Waals surface area contributed by atoms with E-state index in [1.54, 1.807) is 13.8 Å². The van der Waals surface area contributed by atoms with E-state index >= 15 is 0 Å². The van der Waals surface area contributed by atoms with Crippen molar-refractivity contribution in [2.45, 2.75) is 19.4 Å². The lowest BCUT2D eigenvalue weighted by molar-refractivity contribution is -0.154. The van der Waals surface area contributed by atoms with Crippen molar-refractivity contribution < 1.29 is 14.6 Å². The van der Waals surface area contributed by atoms with Gasteiger partial charge in [0.2, 0.25) is 0 Å². The summed E-state index contributed by atoms with van der Waals surface area (Å²) in [5.41, 5.74) is -0.409. The lowest BCUT2D eigenvalue weighted by Gasteiger charge is -2.27. The van der Waals surface area contributed by atoms with Crippen LogP contribution >= 0.6 is 11.3 Å². The molecule has 0 fully saturated rings. The van der Waals surface area contributed by atoms with Gasteiger partial charge in [0.05, 0.1) is 13.0 Å². The molecular formula is C10H14O3S. The van der Waals surface area contributed by atoms with Crippen molar-refractivity contribution in [3.05, 3.63) is 22.4 Å². The molecule has 78 valence electrons. The van der Waals surface area contributed by atoms with Gasteiger partial charge in [-0.1, -0.05) is 0 Å². The molecule has 0 spiro atoms. The van der Waals surface area contributed by atoms with Crippen molar-refractivity contribution in [3.63, 3.8) is 0 Å². The molecule has 1 rings (SSSR count). The summed E-state index contributed by atoms with van der Waals surface area (Å²) in [5, 5.41) is 13.9. The quantitative estimate of drug-likeness (QED) is 0.780. The number of ether oxygens (including phenoxy) is 1. The number of carbonyl (C=O) groups excluding carboxylic acids is 1. The van der Waals surface area contributed by atoms with E-state index in [0.717, 1.165) is 5.56 Å². The molecule has 0 bridgehead atoms. The van der Waals surface area contributed by atoms with E-state index in [1.165, 1.54) is 18.4 Å². The third-order valence-electron chi connectivity index (χ3n) is 2.50. The molecule has 0 aliphatic rings. The standard InChI is InChI=1S/C10H14O3S/c1-7(9(11)13-3)10(2,12)8-4-5-14-6-8/h4-7,12H,1-3H3/t7-,10-/m0/s1. The Morgan fingerprint density at radius 3 is 2.79 bits per heavy atom. The predicted octanol–water partition coefficient (Wildman–Crippen LogP) is 1.76. The van der Waals surface area contributed by atoms with Gasteiger partial charge in [0.1, 0.15) is 5.60 Å². The average Bonchev–Trinajstić information content (AvgIpc) is 2.68. The summed E-state index contributed by atoms with van der Waals surface area (Å²) in [6.45, 7) is 3.28. The minimum absolute atomic E-state index is 0.402. The second-order valence-electron chi connectivity index (χ2n) is 3.40. The lowest BCUT2D eigenvalue weighted by atomic mass is 9.86. The summed E-state index contributed by atoms with van der Waals surface area (Å²) in [7, 11) is 1.32. The van der Waals surface area contributed by atoms with Gasteiger partial charge in [-0.3, -0.25) is 4.79 Å². The number of thiophene rings is 1. The minimum Gasteiger partial charge on any atom is -0.469 e. The van der Waals surface area contributed by atoms with Crippen LogP contribution in [0.25, 0.3) is 0 Å². The summed E-state index contributed by atoms with van der Waals surface area (Å²) < 4.78 is 4.60. The van der Waals surface area contributed by atoms with Crippen LogP contribution in [0.4, 0.5) is 0 Å². The summed E-state index contributed by atoms with van der Waals surface area (Å²) in [6, 6.07) is 1.81. The zero-order valence-corrected chi connectivity index (χ0v) is 9.30. The van der Waals surface area contributed by atoms with Crippen molar-refractivity contribution in [1.29, 1.82) is 0 Å². The molecule has 1 heterocycles. The molecule has 1 aromatic rings. The predicted molar refractivity (Wildman–Crippen MR) is 55.1 cm³/mol. The Morgan fingerprint density at radius 1 is 1.71 bits per heavy atom. The van der Waals surface area contributed by atoms with Crippen LogP contribution in [-0.4, -0.2) is 18.2 Å². The molecule has 14 heavy (non-hydrogen) atoms. The van der Waals surface area contributed by atoms with E-state index in [1.807, 2.05) is 16.8 Å². The highest BCUT2D eigenvalue weighted by Gasteiger charge is 2.36. The molecule has 0 saturated carbocycles. The van der Waals surface area contributed by atoms with Gasteiger partial charge in [-0.2, -0.15) is 11.3 Å². The zero-order valence-electron chi connectivity index (χ0n) is 8.48. The van der Waals surface area contributed by atoms with Gasteiger partial charge in [0.25, 0.3) is 0 Å². The average molecular weight is 214 g/mol. The van der Waals surface area contributed by atoms with Crippen LogP contribution in [-0.2, 0) is 15.1 Å². The van der Waals surface area contributed by atoms with Gasteiger partial charge < -0.3 is 9.84 Å². The van der Waals surface area contributed by atoms with Gasteiger partial charge in [-0.05, 0) is 36.2 Å². The second-order valence-corrected chi connectivity index (χ2v) is 4.18. The number of aliphatic hydroxyl groups is 1. The van der Waals surface area contributed by atoms with Crippen LogP contribution in [0, 0.1) is 5.92 Å². The Hall–Kier alpha value is -0.870. The molecule has 0 amide bonds. The molecule has 0 unspecified atom stereocenters. The van der Waals surface area contributed by atoms with E-state index in [4.69, 9.17) is 0 Å². The molecule has 2 atom stereocenters. The van der Waals surface area contributed by atoms with Crippen LogP contribution in [0.1, 0.15) is 19.4 Å². The van der Waals surface area contributed by atoms with Crippen molar-refractivity contribution in [3.8, 4) is 0 Å². The van der Waals surface area contributed by atoms with E-state index in [-0.39, 0.29) is 0 Å². The van der Waals surface area contributed by atoms with Crippen LogP contribution in [0.2, 0.25) is 0 Å². The van der Waals surface area contributed by atoms with Crippen molar-refractivity contribution in [2.75, 3.05) is 7.11 Å². The lowest BCUT2D eigenvalue weighted by Crippen LogP contribution is -2.35. The number of carbonyl (C=O) groups is 1. The minimum atomic E-state index is -1.16. The Kier molecular flexibility index (Phi) is 3.29. The first kappa shape index (κ1) is 11.2. The largest absolute Gasteiger partial charge is 0.469 e. The number of methoxy groups -OCH3 is 1. The first-order valence-corrected chi connectivity index (χ1v) is 5.27. The smallest absolute Gasteiger partial charge is 0.311 e. The highest BCUT2D eigenvalue weighted by Crippen LogP contribution is 2.31. The highest BCUT2D eigenvalue weighted by atomic mass is 32.1. The third kappa shape index (κ3) is 1.96. The third-order valence-corrected chi connectivity index (χ3v) is 3.19. The van der Waals surface area contributed by atoms with Crippen molar-refractivity contribution in [1.82, 2.24) is 0 Å². The molecular weight excluding hydrogens is 200 g/mol. The van der Waals surface area contributed by atoms with Crippen LogP contribution in [0.3, 0.4) is 0 Å². The fourth-order valence-electron chi connectivity index (χ4n) is 1.21.